The lowest BCUT2D eigenvalue weighted by Crippen LogP contribution is -2.26. The summed E-state index contributed by atoms with van der Waals surface area (Å²) >= 11 is 5.64. The molecule has 1 aromatic carbocycles. The van der Waals surface area contributed by atoms with E-state index in [1.54, 1.807) is 12.1 Å². The van der Waals surface area contributed by atoms with Gasteiger partial charge in [0.05, 0.1) is 12.4 Å². The number of rotatable bonds is 4. The quantitative estimate of drug-likeness (QED) is 0.934. The Balaban J connectivity index is 1.87. The number of amides is 1. The van der Waals surface area contributed by atoms with Crippen LogP contribution in [0.5, 0.6) is 0 Å². The predicted molar refractivity (Wildman–Crippen MR) is 69.5 cm³/mol. The molecule has 0 spiro atoms. The van der Waals surface area contributed by atoms with Gasteiger partial charge in [-0.05, 0) is 24.1 Å². The molecule has 1 amide bonds. The molecule has 0 radical (unpaired) electrons. The molecule has 0 aliphatic heterocycles. The minimum absolute atomic E-state index is 0.159. The highest BCUT2D eigenvalue weighted by Gasteiger charge is 2.07. The highest BCUT2D eigenvalue weighted by atomic mass is 35.5. The van der Waals surface area contributed by atoms with Crippen molar-refractivity contribution in [2.75, 3.05) is 6.54 Å². The maximum absolute atomic E-state index is 12.9. The predicted octanol–water partition coefficient (Wildman–Crippen LogP) is 2.24. The van der Waals surface area contributed by atoms with Crippen LogP contribution >= 0.6 is 11.6 Å². The van der Waals surface area contributed by atoms with Crippen molar-refractivity contribution in [1.82, 2.24) is 15.3 Å². The summed E-state index contributed by atoms with van der Waals surface area (Å²) < 4.78 is 12.9. The number of hydrogen-bond acceptors (Lipinski definition) is 3. The Morgan fingerprint density at radius 1 is 1.37 bits per heavy atom. The van der Waals surface area contributed by atoms with Gasteiger partial charge in [0.1, 0.15) is 16.7 Å². The number of aromatic nitrogens is 2. The fraction of sp³-hybridized carbons (Fsp3) is 0.154. The van der Waals surface area contributed by atoms with E-state index in [-0.39, 0.29) is 22.6 Å². The molecule has 2 aromatic rings. The number of benzene rings is 1. The third-order valence-electron chi connectivity index (χ3n) is 2.43. The first kappa shape index (κ1) is 13.4. The van der Waals surface area contributed by atoms with E-state index < -0.39 is 0 Å². The van der Waals surface area contributed by atoms with Crippen molar-refractivity contribution in [3.05, 3.63) is 58.9 Å². The summed E-state index contributed by atoms with van der Waals surface area (Å²) in [5.74, 6) is -0.643. The average Bonchev–Trinajstić information content (AvgIpc) is 2.38. The van der Waals surface area contributed by atoms with Crippen molar-refractivity contribution in [2.45, 2.75) is 6.42 Å². The molecule has 0 aliphatic carbocycles. The van der Waals surface area contributed by atoms with E-state index in [9.17, 15) is 9.18 Å². The maximum Gasteiger partial charge on any atom is 0.271 e. The van der Waals surface area contributed by atoms with Crippen molar-refractivity contribution in [3.8, 4) is 0 Å². The van der Waals surface area contributed by atoms with E-state index >= 15 is 0 Å². The molecule has 0 unspecified atom stereocenters. The number of nitrogens with one attached hydrogen (secondary N) is 1. The molecular weight excluding hydrogens is 269 g/mol. The van der Waals surface area contributed by atoms with Crippen molar-refractivity contribution in [2.24, 2.45) is 0 Å². The number of halogens is 2. The van der Waals surface area contributed by atoms with E-state index in [1.807, 2.05) is 0 Å². The third kappa shape index (κ3) is 3.99. The summed E-state index contributed by atoms with van der Waals surface area (Å²) in [7, 11) is 0. The smallest absolute Gasteiger partial charge is 0.271 e. The topological polar surface area (TPSA) is 54.9 Å². The van der Waals surface area contributed by atoms with Crippen LogP contribution in [0.4, 0.5) is 4.39 Å². The highest BCUT2D eigenvalue weighted by molar-refractivity contribution is 6.29. The summed E-state index contributed by atoms with van der Waals surface area (Å²) in [5.41, 5.74) is 0.976. The van der Waals surface area contributed by atoms with Crippen LogP contribution in [0.2, 0.25) is 5.15 Å². The monoisotopic (exact) mass is 279 g/mol. The summed E-state index contributed by atoms with van der Waals surface area (Å²) in [4.78, 5) is 19.3. The van der Waals surface area contributed by atoms with Crippen LogP contribution in [-0.2, 0) is 6.42 Å². The molecule has 0 saturated carbocycles. The van der Waals surface area contributed by atoms with Crippen LogP contribution in [0.1, 0.15) is 16.1 Å². The standard InChI is InChI=1S/C13H11ClFN3O/c14-12-8-16-7-11(18-12)13(19)17-5-4-9-2-1-3-10(15)6-9/h1-3,6-8H,4-5H2,(H,17,19). The van der Waals surface area contributed by atoms with Gasteiger partial charge in [0.2, 0.25) is 0 Å². The third-order valence-corrected chi connectivity index (χ3v) is 2.61. The maximum atomic E-state index is 12.9. The lowest BCUT2D eigenvalue weighted by molar-refractivity contribution is 0.0949. The highest BCUT2D eigenvalue weighted by Crippen LogP contribution is 2.04. The lowest BCUT2D eigenvalue weighted by atomic mass is 10.1. The van der Waals surface area contributed by atoms with Gasteiger partial charge in [0.15, 0.2) is 0 Å². The second-order valence-electron chi connectivity index (χ2n) is 3.86. The number of carbonyl (C=O) groups is 1. The number of carbonyl (C=O) groups excluding carboxylic acids is 1. The Bertz CT molecular complexity index is 592. The van der Waals surface area contributed by atoms with E-state index in [2.05, 4.69) is 15.3 Å². The van der Waals surface area contributed by atoms with Gasteiger partial charge >= 0.3 is 0 Å². The van der Waals surface area contributed by atoms with Crippen LogP contribution < -0.4 is 5.32 Å². The van der Waals surface area contributed by atoms with Crippen molar-refractivity contribution in [3.63, 3.8) is 0 Å². The molecule has 1 aromatic heterocycles. The van der Waals surface area contributed by atoms with E-state index in [4.69, 9.17) is 11.6 Å². The second-order valence-corrected chi connectivity index (χ2v) is 4.25. The molecule has 0 saturated heterocycles. The molecule has 1 heterocycles. The second kappa shape index (κ2) is 6.24. The van der Waals surface area contributed by atoms with Crippen molar-refractivity contribution < 1.29 is 9.18 Å². The molecule has 0 bridgehead atoms. The van der Waals surface area contributed by atoms with Gasteiger partial charge in [0.25, 0.3) is 5.91 Å². The van der Waals surface area contributed by atoms with Gasteiger partial charge < -0.3 is 5.32 Å². The zero-order valence-electron chi connectivity index (χ0n) is 9.94. The Kier molecular flexibility index (Phi) is 4.41. The molecule has 1 N–H and O–H groups in total. The molecule has 0 fully saturated rings. The molecule has 4 nitrogen and oxygen atoms in total. The van der Waals surface area contributed by atoms with E-state index in [0.717, 1.165) is 5.56 Å². The Labute approximate surface area is 114 Å². The molecule has 19 heavy (non-hydrogen) atoms. The lowest BCUT2D eigenvalue weighted by Gasteiger charge is -2.05. The minimum Gasteiger partial charge on any atom is -0.350 e. The van der Waals surface area contributed by atoms with Crippen LogP contribution in [0.25, 0.3) is 0 Å². The first-order chi connectivity index (χ1) is 9.15. The Morgan fingerprint density at radius 3 is 2.95 bits per heavy atom. The van der Waals surface area contributed by atoms with Crippen LogP contribution in [-0.4, -0.2) is 22.4 Å². The normalized spacial score (nSPS) is 10.2. The van der Waals surface area contributed by atoms with Gasteiger partial charge in [-0.1, -0.05) is 23.7 Å². The summed E-state index contributed by atoms with van der Waals surface area (Å²) in [6.45, 7) is 0.385. The fourth-order valence-corrected chi connectivity index (χ4v) is 1.70. The zero-order chi connectivity index (χ0) is 13.7. The van der Waals surface area contributed by atoms with Gasteiger partial charge in [-0.25, -0.2) is 9.37 Å². The Hall–Kier alpha value is -2.01. The first-order valence-corrected chi connectivity index (χ1v) is 6.03. The Morgan fingerprint density at radius 2 is 2.21 bits per heavy atom. The van der Waals surface area contributed by atoms with Gasteiger partial charge in [-0.15, -0.1) is 0 Å². The number of hydrogen-bond donors (Lipinski definition) is 1. The van der Waals surface area contributed by atoms with Gasteiger partial charge in [0, 0.05) is 6.54 Å². The minimum atomic E-state index is -0.355. The number of nitrogens with zero attached hydrogens (tertiary/aromatic N) is 2. The van der Waals surface area contributed by atoms with Crippen LogP contribution in [0.15, 0.2) is 36.7 Å². The van der Waals surface area contributed by atoms with E-state index in [0.29, 0.717) is 13.0 Å². The zero-order valence-corrected chi connectivity index (χ0v) is 10.7. The SMILES string of the molecule is O=C(NCCc1cccc(F)c1)c1cncc(Cl)n1. The van der Waals surface area contributed by atoms with Gasteiger partial charge in [-0.2, -0.15) is 0 Å². The van der Waals surface area contributed by atoms with Crippen LogP contribution in [0, 0.1) is 5.82 Å². The average molecular weight is 280 g/mol. The molecule has 2 rings (SSSR count). The van der Waals surface area contributed by atoms with Crippen molar-refractivity contribution in [1.29, 1.82) is 0 Å². The van der Waals surface area contributed by atoms with E-state index in [1.165, 1.54) is 24.5 Å². The van der Waals surface area contributed by atoms with Gasteiger partial charge in [-0.3, -0.25) is 9.78 Å². The molecular formula is C13H11ClFN3O. The van der Waals surface area contributed by atoms with Crippen LogP contribution in [0.3, 0.4) is 0 Å². The molecule has 98 valence electrons. The largest absolute Gasteiger partial charge is 0.350 e. The first-order valence-electron chi connectivity index (χ1n) is 5.65. The summed E-state index contributed by atoms with van der Waals surface area (Å²) in [5, 5.41) is 2.84. The fourth-order valence-electron chi connectivity index (χ4n) is 1.55. The summed E-state index contributed by atoms with van der Waals surface area (Å²) in [6.07, 6.45) is 3.23. The summed E-state index contributed by atoms with van der Waals surface area (Å²) in [6, 6.07) is 6.25. The molecule has 0 aliphatic rings. The molecule has 0 atom stereocenters. The van der Waals surface area contributed by atoms with Crippen molar-refractivity contribution >= 4 is 17.5 Å². The molecule has 6 heteroatoms.